The number of hydrogen-bond acceptors (Lipinski definition) is 6. The van der Waals surface area contributed by atoms with Crippen LogP contribution in [-0.4, -0.2) is 34.7 Å². The van der Waals surface area contributed by atoms with Crippen LogP contribution in [0, 0.1) is 11.8 Å². The Morgan fingerprint density at radius 3 is 1.83 bits per heavy atom. The van der Waals surface area contributed by atoms with Crippen molar-refractivity contribution in [1.82, 2.24) is 0 Å². The van der Waals surface area contributed by atoms with Crippen molar-refractivity contribution in [1.29, 1.82) is 0 Å². The summed E-state index contributed by atoms with van der Waals surface area (Å²) in [6.07, 6.45) is 2.32. The van der Waals surface area contributed by atoms with Gasteiger partial charge >= 0.3 is 17.9 Å². The van der Waals surface area contributed by atoms with Gasteiger partial charge in [0.25, 0.3) is 0 Å². The van der Waals surface area contributed by atoms with Crippen molar-refractivity contribution >= 4 is 11.9 Å². The molecule has 2 atom stereocenters. The van der Waals surface area contributed by atoms with Gasteiger partial charge in [-0.3, -0.25) is 0 Å². The molecule has 0 amide bonds. The lowest BCUT2D eigenvalue weighted by molar-refractivity contribution is -0.349. The highest BCUT2D eigenvalue weighted by Crippen LogP contribution is 2.32. The van der Waals surface area contributed by atoms with E-state index in [1.54, 1.807) is 6.92 Å². The summed E-state index contributed by atoms with van der Waals surface area (Å²) in [6, 6.07) is 0. The summed E-state index contributed by atoms with van der Waals surface area (Å²) in [5.41, 5.74) is 0.142. The second-order valence-corrected chi connectivity index (χ2v) is 6.15. The maximum absolute atomic E-state index is 11.9. The first-order valence-electron chi connectivity index (χ1n) is 8.22. The van der Waals surface area contributed by atoms with Crippen LogP contribution < -0.4 is 0 Å². The molecule has 0 aromatic carbocycles. The molecule has 0 aliphatic rings. The number of aliphatic hydroxyl groups is 2. The van der Waals surface area contributed by atoms with E-state index in [2.05, 4.69) is 13.2 Å². The Morgan fingerprint density at radius 1 is 1.08 bits per heavy atom. The third-order valence-electron chi connectivity index (χ3n) is 3.76. The van der Waals surface area contributed by atoms with Gasteiger partial charge in [0, 0.05) is 17.8 Å². The van der Waals surface area contributed by atoms with Crippen LogP contribution in [0.5, 0.6) is 0 Å². The van der Waals surface area contributed by atoms with Gasteiger partial charge in [-0.05, 0) is 39.0 Å². The van der Waals surface area contributed by atoms with Crippen molar-refractivity contribution in [3.8, 4) is 0 Å². The monoisotopic (exact) mass is 342 g/mol. The molecule has 6 nitrogen and oxygen atoms in total. The molecule has 0 aliphatic carbocycles. The Kier molecular flexibility index (Phi) is 9.55. The van der Waals surface area contributed by atoms with Crippen LogP contribution in [0.2, 0.25) is 0 Å². The first kappa shape index (κ1) is 22.3. The summed E-state index contributed by atoms with van der Waals surface area (Å²) in [7, 11) is 0. The molecule has 24 heavy (non-hydrogen) atoms. The number of hydrogen-bond donors (Lipinski definition) is 2. The number of carbonyl (C=O) groups excluding carboxylic acids is 2. The fourth-order valence-corrected chi connectivity index (χ4v) is 2.30. The Bertz CT molecular complexity index is 440. The Labute approximate surface area is 144 Å². The maximum Gasteiger partial charge on any atom is 0.376 e. The Balaban J connectivity index is 5.51. The molecule has 138 valence electrons. The van der Waals surface area contributed by atoms with Crippen LogP contribution in [-0.2, 0) is 19.1 Å². The standard InChI is InChI=1S/C18H30O6/c1-7-9-14(11-19)10-15(8-2)18(22,23-16(20)12(3)4)24-17(21)13(5)6/h14-15,19,22H,3,5,7-11H2,1-2,4,6H3. The summed E-state index contributed by atoms with van der Waals surface area (Å²) in [6.45, 7) is 13.5. The van der Waals surface area contributed by atoms with Gasteiger partial charge in [-0.1, -0.05) is 33.4 Å². The molecule has 0 aromatic rings. The molecule has 2 unspecified atom stereocenters. The molecular weight excluding hydrogens is 312 g/mol. The van der Waals surface area contributed by atoms with Gasteiger partial charge in [-0.2, -0.15) is 0 Å². The molecule has 0 saturated carbocycles. The quantitative estimate of drug-likeness (QED) is 0.341. The molecule has 0 fully saturated rings. The summed E-state index contributed by atoms with van der Waals surface area (Å²) in [5.74, 6) is -4.93. The molecule has 0 aromatic heterocycles. The summed E-state index contributed by atoms with van der Waals surface area (Å²) in [5, 5.41) is 20.3. The smallest absolute Gasteiger partial charge is 0.376 e. The van der Waals surface area contributed by atoms with E-state index in [0.717, 1.165) is 12.8 Å². The zero-order valence-electron chi connectivity index (χ0n) is 15.1. The normalized spacial score (nSPS) is 13.8. The van der Waals surface area contributed by atoms with Crippen molar-refractivity contribution < 1.29 is 29.3 Å². The zero-order valence-corrected chi connectivity index (χ0v) is 15.1. The minimum atomic E-state index is -2.43. The van der Waals surface area contributed by atoms with Gasteiger partial charge in [0.15, 0.2) is 0 Å². The van der Waals surface area contributed by atoms with E-state index in [-0.39, 0.29) is 23.7 Å². The minimum Gasteiger partial charge on any atom is -0.396 e. The lowest BCUT2D eigenvalue weighted by Gasteiger charge is -2.35. The lowest BCUT2D eigenvalue weighted by atomic mass is 9.88. The highest BCUT2D eigenvalue weighted by Gasteiger charge is 2.45. The highest BCUT2D eigenvalue weighted by molar-refractivity contribution is 5.88. The number of rotatable bonds is 11. The third-order valence-corrected chi connectivity index (χ3v) is 3.76. The second kappa shape index (κ2) is 10.3. The van der Waals surface area contributed by atoms with Gasteiger partial charge in [0.1, 0.15) is 0 Å². The van der Waals surface area contributed by atoms with Crippen LogP contribution in [0.25, 0.3) is 0 Å². The second-order valence-electron chi connectivity index (χ2n) is 6.15. The first-order valence-corrected chi connectivity index (χ1v) is 8.22. The van der Waals surface area contributed by atoms with E-state index in [1.807, 2.05) is 6.92 Å². The van der Waals surface area contributed by atoms with E-state index >= 15 is 0 Å². The molecule has 2 N–H and O–H groups in total. The highest BCUT2D eigenvalue weighted by atomic mass is 16.8. The topological polar surface area (TPSA) is 93.1 Å². The van der Waals surface area contributed by atoms with E-state index < -0.39 is 23.8 Å². The summed E-state index contributed by atoms with van der Waals surface area (Å²) < 4.78 is 10.1. The van der Waals surface area contributed by atoms with E-state index in [4.69, 9.17) is 9.47 Å². The lowest BCUT2D eigenvalue weighted by Crippen LogP contribution is -2.47. The van der Waals surface area contributed by atoms with Crippen molar-refractivity contribution in [3.63, 3.8) is 0 Å². The minimum absolute atomic E-state index is 0.0662. The van der Waals surface area contributed by atoms with Gasteiger partial charge in [-0.15, -0.1) is 0 Å². The zero-order chi connectivity index (χ0) is 18.9. The average Bonchev–Trinajstić information content (AvgIpc) is 2.50. The summed E-state index contributed by atoms with van der Waals surface area (Å²) in [4.78, 5) is 23.7. The molecular formula is C18H30O6. The van der Waals surface area contributed by atoms with E-state index in [1.165, 1.54) is 13.8 Å². The predicted molar refractivity (Wildman–Crippen MR) is 90.6 cm³/mol. The molecule has 0 spiro atoms. The molecule has 0 bridgehead atoms. The molecule has 0 saturated heterocycles. The van der Waals surface area contributed by atoms with Gasteiger partial charge in [-0.25, -0.2) is 9.59 Å². The number of ether oxygens (including phenoxy) is 2. The Hall–Kier alpha value is -1.66. The third kappa shape index (κ3) is 6.84. The van der Waals surface area contributed by atoms with Gasteiger partial charge < -0.3 is 19.7 Å². The molecule has 0 aliphatic heterocycles. The summed E-state index contributed by atoms with van der Waals surface area (Å²) >= 11 is 0. The van der Waals surface area contributed by atoms with Crippen molar-refractivity contribution in [2.75, 3.05) is 6.61 Å². The van der Waals surface area contributed by atoms with E-state index in [0.29, 0.717) is 12.8 Å². The Morgan fingerprint density at radius 2 is 1.54 bits per heavy atom. The average molecular weight is 342 g/mol. The first-order chi connectivity index (χ1) is 11.1. The molecule has 6 heteroatoms. The van der Waals surface area contributed by atoms with Crippen molar-refractivity contribution in [2.45, 2.75) is 59.4 Å². The number of carbonyl (C=O) groups is 2. The van der Waals surface area contributed by atoms with Crippen LogP contribution in [0.15, 0.2) is 24.3 Å². The fourth-order valence-electron chi connectivity index (χ4n) is 2.30. The largest absolute Gasteiger partial charge is 0.396 e. The van der Waals surface area contributed by atoms with Crippen LogP contribution in [0.3, 0.4) is 0 Å². The SMILES string of the molecule is C=C(C)C(=O)OC(O)(OC(=O)C(=C)C)C(CC)CC(CO)CCC. The van der Waals surface area contributed by atoms with Crippen molar-refractivity contribution in [3.05, 3.63) is 24.3 Å². The predicted octanol–water partition coefficient (Wildman–Crippen LogP) is 2.70. The van der Waals surface area contributed by atoms with E-state index in [9.17, 15) is 19.8 Å². The number of aliphatic hydroxyl groups excluding tert-OH is 1. The number of esters is 2. The van der Waals surface area contributed by atoms with Crippen LogP contribution in [0.4, 0.5) is 0 Å². The van der Waals surface area contributed by atoms with Crippen molar-refractivity contribution in [2.24, 2.45) is 11.8 Å². The van der Waals surface area contributed by atoms with Gasteiger partial charge in [0.05, 0.1) is 5.92 Å². The van der Waals surface area contributed by atoms with Gasteiger partial charge in [0.2, 0.25) is 0 Å². The maximum atomic E-state index is 11.9. The fraction of sp³-hybridized carbons (Fsp3) is 0.667. The molecule has 0 rings (SSSR count). The van der Waals surface area contributed by atoms with Crippen LogP contribution in [0.1, 0.15) is 53.4 Å². The van der Waals surface area contributed by atoms with Crippen LogP contribution >= 0.6 is 0 Å². The molecule has 0 heterocycles. The molecule has 0 radical (unpaired) electrons.